The van der Waals surface area contributed by atoms with Crippen LogP contribution in [-0.2, 0) is 9.53 Å². The van der Waals surface area contributed by atoms with Crippen LogP contribution in [0.1, 0.15) is 24.0 Å². The van der Waals surface area contributed by atoms with E-state index in [1.807, 2.05) is 0 Å². The van der Waals surface area contributed by atoms with Crippen LogP contribution in [0, 0.1) is 5.82 Å². The second kappa shape index (κ2) is 6.51. The lowest BCUT2D eigenvalue weighted by Crippen LogP contribution is -2.39. The third-order valence-corrected chi connectivity index (χ3v) is 4.33. The minimum atomic E-state index is -1.23. The van der Waals surface area contributed by atoms with Crippen molar-refractivity contribution in [2.75, 3.05) is 7.11 Å². The number of benzene rings is 2. The normalized spacial score (nSPS) is 20.6. The molecule has 1 amide bonds. The van der Waals surface area contributed by atoms with Gasteiger partial charge in [0.05, 0.1) is 13.0 Å². The molecule has 0 bridgehead atoms. The maximum atomic E-state index is 13.2. The summed E-state index contributed by atoms with van der Waals surface area (Å²) in [5.74, 6) is -0.242. The highest BCUT2D eigenvalue weighted by atomic mass is 19.1. The Morgan fingerprint density at radius 2 is 1.84 bits per heavy atom. The fourth-order valence-corrected chi connectivity index (χ4v) is 2.87. The molecule has 2 unspecified atom stereocenters. The molecule has 25 heavy (non-hydrogen) atoms. The number of amides is 1. The SMILES string of the molecule is C=CC(c1ccc(F)cc1)C1(C)OC(c2ccc(OC)cc2)=NC1=O. The molecule has 4 nitrogen and oxygen atoms in total. The summed E-state index contributed by atoms with van der Waals surface area (Å²) in [6.07, 6.45) is 1.62. The zero-order valence-corrected chi connectivity index (χ0v) is 14.0. The number of methoxy groups -OCH3 is 1. The fourth-order valence-electron chi connectivity index (χ4n) is 2.87. The number of hydrogen-bond acceptors (Lipinski definition) is 3. The third kappa shape index (κ3) is 3.05. The molecular formula is C20H18FNO3. The van der Waals surface area contributed by atoms with E-state index >= 15 is 0 Å². The van der Waals surface area contributed by atoms with Crippen molar-refractivity contribution in [2.45, 2.75) is 18.4 Å². The smallest absolute Gasteiger partial charge is 0.293 e. The van der Waals surface area contributed by atoms with Crippen molar-refractivity contribution < 1.29 is 18.7 Å². The first-order chi connectivity index (χ1) is 12.0. The fraction of sp³-hybridized carbons (Fsp3) is 0.200. The lowest BCUT2D eigenvalue weighted by molar-refractivity contribution is -0.130. The van der Waals surface area contributed by atoms with Crippen molar-refractivity contribution >= 4 is 11.8 Å². The third-order valence-electron chi connectivity index (χ3n) is 4.33. The Morgan fingerprint density at radius 1 is 1.20 bits per heavy atom. The lowest BCUT2D eigenvalue weighted by atomic mass is 9.83. The number of nitrogens with zero attached hydrogens (tertiary/aromatic N) is 1. The van der Waals surface area contributed by atoms with Crippen LogP contribution in [0.3, 0.4) is 0 Å². The summed E-state index contributed by atoms with van der Waals surface area (Å²) in [6, 6.07) is 13.0. The van der Waals surface area contributed by atoms with E-state index in [-0.39, 0.29) is 11.7 Å². The quantitative estimate of drug-likeness (QED) is 0.777. The molecule has 2 aromatic carbocycles. The summed E-state index contributed by atoms with van der Waals surface area (Å²) in [6.45, 7) is 5.48. The molecule has 3 rings (SSSR count). The van der Waals surface area contributed by atoms with Gasteiger partial charge in [-0.25, -0.2) is 4.39 Å². The Labute approximate surface area is 145 Å². The zero-order chi connectivity index (χ0) is 18.0. The standard InChI is InChI=1S/C20H18FNO3/c1-4-17(13-5-9-15(21)10-6-13)20(2)19(23)22-18(25-20)14-7-11-16(24-3)12-8-14/h4-12,17H,1H2,2-3H3. The average molecular weight is 339 g/mol. The second-order valence-corrected chi connectivity index (χ2v) is 5.92. The van der Waals surface area contributed by atoms with Gasteiger partial charge in [0.2, 0.25) is 5.90 Å². The Balaban J connectivity index is 1.90. The molecule has 2 aromatic rings. The molecule has 1 aliphatic heterocycles. The maximum absolute atomic E-state index is 13.2. The number of rotatable bonds is 5. The van der Waals surface area contributed by atoms with E-state index < -0.39 is 17.4 Å². The monoisotopic (exact) mass is 339 g/mol. The summed E-state index contributed by atoms with van der Waals surface area (Å²) < 4.78 is 24.3. The van der Waals surface area contributed by atoms with E-state index in [2.05, 4.69) is 11.6 Å². The van der Waals surface area contributed by atoms with Gasteiger partial charge in [-0.3, -0.25) is 4.79 Å². The highest BCUT2D eigenvalue weighted by molar-refractivity contribution is 6.09. The summed E-state index contributed by atoms with van der Waals surface area (Å²) in [5, 5.41) is 0. The van der Waals surface area contributed by atoms with Gasteiger partial charge in [0, 0.05) is 5.56 Å². The van der Waals surface area contributed by atoms with Gasteiger partial charge in [-0.2, -0.15) is 4.99 Å². The van der Waals surface area contributed by atoms with Crippen LogP contribution in [0.2, 0.25) is 0 Å². The zero-order valence-electron chi connectivity index (χ0n) is 14.0. The van der Waals surface area contributed by atoms with Crippen molar-refractivity contribution in [1.29, 1.82) is 0 Å². The number of carbonyl (C=O) groups is 1. The van der Waals surface area contributed by atoms with Gasteiger partial charge in [-0.05, 0) is 48.9 Å². The number of hydrogen-bond donors (Lipinski definition) is 0. The maximum Gasteiger partial charge on any atom is 0.293 e. The van der Waals surface area contributed by atoms with Crippen LogP contribution < -0.4 is 4.74 Å². The number of halogens is 1. The molecule has 0 saturated carbocycles. The van der Waals surface area contributed by atoms with Gasteiger partial charge in [-0.15, -0.1) is 6.58 Å². The highest BCUT2D eigenvalue weighted by Gasteiger charge is 2.48. The highest BCUT2D eigenvalue weighted by Crippen LogP contribution is 2.38. The number of aliphatic imine (C=N–C) groups is 1. The van der Waals surface area contributed by atoms with Crippen molar-refractivity contribution in [1.82, 2.24) is 0 Å². The van der Waals surface area contributed by atoms with Crippen LogP contribution in [0.15, 0.2) is 66.2 Å². The molecule has 0 fully saturated rings. The van der Waals surface area contributed by atoms with Crippen LogP contribution in [-0.4, -0.2) is 24.5 Å². The van der Waals surface area contributed by atoms with E-state index in [4.69, 9.17) is 9.47 Å². The van der Waals surface area contributed by atoms with Gasteiger partial charge in [0.25, 0.3) is 5.91 Å². The summed E-state index contributed by atoms with van der Waals surface area (Å²) >= 11 is 0. The Morgan fingerprint density at radius 3 is 2.40 bits per heavy atom. The molecule has 128 valence electrons. The van der Waals surface area contributed by atoms with E-state index in [9.17, 15) is 9.18 Å². The predicted octanol–water partition coefficient (Wildman–Crippen LogP) is 3.87. The largest absolute Gasteiger partial charge is 0.497 e. The van der Waals surface area contributed by atoms with Crippen LogP contribution in [0.25, 0.3) is 0 Å². The first-order valence-corrected chi connectivity index (χ1v) is 7.82. The lowest BCUT2D eigenvalue weighted by Gasteiger charge is -2.29. The van der Waals surface area contributed by atoms with E-state index in [1.165, 1.54) is 12.1 Å². The summed E-state index contributed by atoms with van der Waals surface area (Å²) in [5.41, 5.74) is 0.188. The van der Waals surface area contributed by atoms with E-state index in [1.54, 1.807) is 56.5 Å². The Hall–Kier alpha value is -2.95. The van der Waals surface area contributed by atoms with Gasteiger partial charge in [-0.1, -0.05) is 18.2 Å². The first-order valence-electron chi connectivity index (χ1n) is 7.82. The molecule has 2 atom stereocenters. The molecule has 0 spiro atoms. The van der Waals surface area contributed by atoms with Crippen molar-refractivity contribution in [3.63, 3.8) is 0 Å². The van der Waals surface area contributed by atoms with Gasteiger partial charge >= 0.3 is 0 Å². The van der Waals surface area contributed by atoms with Crippen molar-refractivity contribution in [2.24, 2.45) is 4.99 Å². The van der Waals surface area contributed by atoms with Crippen LogP contribution in [0.4, 0.5) is 4.39 Å². The molecule has 0 N–H and O–H groups in total. The summed E-state index contributed by atoms with van der Waals surface area (Å²) in [4.78, 5) is 16.7. The van der Waals surface area contributed by atoms with Crippen LogP contribution in [0.5, 0.6) is 5.75 Å². The van der Waals surface area contributed by atoms with Gasteiger partial charge < -0.3 is 9.47 Å². The minimum absolute atomic E-state index is 0.254. The first kappa shape index (κ1) is 16.9. The van der Waals surface area contributed by atoms with Crippen LogP contribution >= 0.6 is 0 Å². The molecule has 0 radical (unpaired) electrons. The predicted molar refractivity (Wildman–Crippen MR) is 93.4 cm³/mol. The number of carbonyl (C=O) groups excluding carboxylic acids is 1. The molecule has 0 saturated heterocycles. The van der Waals surface area contributed by atoms with Gasteiger partial charge in [0.15, 0.2) is 5.60 Å². The van der Waals surface area contributed by atoms with Crippen molar-refractivity contribution in [3.05, 3.63) is 78.1 Å². The molecule has 1 aliphatic rings. The molecule has 0 aromatic heterocycles. The minimum Gasteiger partial charge on any atom is -0.497 e. The molecule has 1 heterocycles. The second-order valence-electron chi connectivity index (χ2n) is 5.92. The Bertz CT molecular complexity index is 827. The van der Waals surface area contributed by atoms with E-state index in [0.29, 0.717) is 11.3 Å². The van der Waals surface area contributed by atoms with Crippen molar-refractivity contribution in [3.8, 4) is 5.75 Å². The average Bonchev–Trinajstić information content (AvgIpc) is 2.93. The summed E-state index contributed by atoms with van der Waals surface area (Å²) in [7, 11) is 1.58. The number of ether oxygens (including phenoxy) is 2. The van der Waals surface area contributed by atoms with E-state index in [0.717, 1.165) is 5.56 Å². The topological polar surface area (TPSA) is 47.9 Å². The van der Waals surface area contributed by atoms with Gasteiger partial charge in [0.1, 0.15) is 11.6 Å². The molecular weight excluding hydrogens is 321 g/mol. The molecule has 5 heteroatoms. The molecule has 0 aliphatic carbocycles. The Kier molecular flexibility index (Phi) is 4.40.